The number of hydrogen-bond donors (Lipinski definition) is 1. The Labute approximate surface area is 126 Å². The predicted molar refractivity (Wildman–Crippen MR) is 85.9 cm³/mol. The molecule has 3 aromatic rings. The lowest BCUT2D eigenvalue weighted by Crippen LogP contribution is -2.11. The number of aryl methyl sites for hydroxylation is 2. The van der Waals surface area contributed by atoms with Crippen LogP contribution in [0, 0.1) is 6.92 Å². The Morgan fingerprint density at radius 1 is 1.29 bits per heavy atom. The van der Waals surface area contributed by atoms with Gasteiger partial charge in [-0.25, -0.2) is 4.98 Å². The Balaban J connectivity index is 1.84. The highest BCUT2D eigenvalue weighted by Crippen LogP contribution is 2.27. The van der Waals surface area contributed by atoms with Crippen LogP contribution in [0.25, 0.3) is 10.2 Å². The standard InChI is InChI=1S/C16H15N3OS/c1-3-11-5-7-13-14(8-11)21-16(18-13)19-15(20)12-6-4-10(2)17-9-12/h4-9H,3H2,1-2H3,(H,18,19,20). The number of amides is 1. The van der Waals surface area contributed by atoms with Crippen molar-refractivity contribution in [2.24, 2.45) is 0 Å². The molecule has 1 amide bonds. The number of anilines is 1. The van der Waals surface area contributed by atoms with Crippen molar-refractivity contribution in [1.82, 2.24) is 9.97 Å². The van der Waals surface area contributed by atoms with Crippen molar-refractivity contribution in [2.45, 2.75) is 20.3 Å². The van der Waals surface area contributed by atoms with Gasteiger partial charge in [-0.3, -0.25) is 15.1 Å². The van der Waals surface area contributed by atoms with E-state index < -0.39 is 0 Å². The lowest BCUT2D eigenvalue weighted by molar-refractivity contribution is 0.102. The Hall–Kier alpha value is -2.27. The lowest BCUT2D eigenvalue weighted by atomic mass is 10.2. The molecule has 21 heavy (non-hydrogen) atoms. The first kappa shape index (κ1) is 13.7. The highest BCUT2D eigenvalue weighted by molar-refractivity contribution is 7.22. The molecule has 1 N–H and O–H groups in total. The molecular weight excluding hydrogens is 282 g/mol. The predicted octanol–water partition coefficient (Wildman–Crippen LogP) is 3.81. The van der Waals surface area contributed by atoms with Crippen LogP contribution >= 0.6 is 11.3 Å². The summed E-state index contributed by atoms with van der Waals surface area (Å²) in [6.45, 7) is 4.01. The van der Waals surface area contributed by atoms with E-state index in [1.54, 1.807) is 12.3 Å². The Kier molecular flexibility index (Phi) is 3.66. The molecule has 1 aromatic carbocycles. The van der Waals surface area contributed by atoms with Gasteiger partial charge in [-0.05, 0) is 43.2 Å². The van der Waals surface area contributed by atoms with E-state index in [0.29, 0.717) is 10.7 Å². The molecule has 0 aliphatic heterocycles. The minimum atomic E-state index is -0.183. The average Bonchev–Trinajstić information content (AvgIpc) is 2.88. The first-order valence-corrected chi connectivity index (χ1v) is 7.61. The number of carbonyl (C=O) groups excluding carboxylic acids is 1. The molecule has 4 nitrogen and oxygen atoms in total. The maximum Gasteiger partial charge on any atom is 0.259 e. The second kappa shape index (κ2) is 5.61. The van der Waals surface area contributed by atoms with E-state index >= 15 is 0 Å². The molecule has 0 atom stereocenters. The maximum absolute atomic E-state index is 12.1. The third kappa shape index (κ3) is 2.92. The van der Waals surface area contributed by atoms with E-state index in [4.69, 9.17) is 0 Å². The van der Waals surface area contributed by atoms with Crippen LogP contribution < -0.4 is 5.32 Å². The van der Waals surface area contributed by atoms with Crippen molar-refractivity contribution in [3.8, 4) is 0 Å². The lowest BCUT2D eigenvalue weighted by Gasteiger charge is -2.00. The maximum atomic E-state index is 12.1. The zero-order valence-corrected chi connectivity index (χ0v) is 12.7. The SMILES string of the molecule is CCc1ccc2nc(NC(=O)c3ccc(C)nc3)sc2c1. The molecule has 0 unspecified atom stereocenters. The van der Waals surface area contributed by atoms with Gasteiger partial charge in [0, 0.05) is 11.9 Å². The second-order valence-corrected chi connectivity index (χ2v) is 5.85. The van der Waals surface area contributed by atoms with Gasteiger partial charge in [-0.15, -0.1) is 0 Å². The first-order valence-electron chi connectivity index (χ1n) is 6.79. The molecule has 0 bridgehead atoms. The number of pyridine rings is 1. The van der Waals surface area contributed by atoms with E-state index in [1.807, 2.05) is 19.1 Å². The van der Waals surface area contributed by atoms with Crippen LogP contribution in [0.3, 0.4) is 0 Å². The fraction of sp³-hybridized carbons (Fsp3) is 0.188. The monoisotopic (exact) mass is 297 g/mol. The number of fused-ring (bicyclic) bond motifs is 1. The summed E-state index contributed by atoms with van der Waals surface area (Å²) in [4.78, 5) is 20.7. The molecule has 0 saturated heterocycles. The molecule has 2 heterocycles. The summed E-state index contributed by atoms with van der Waals surface area (Å²) in [7, 11) is 0. The molecule has 0 fully saturated rings. The summed E-state index contributed by atoms with van der Waals surface area (Å²) < 4.78 is 1.09. The topological polar surface area (TPSA) is 54.9 Å². The number of benzene rings is 1. The van der Waals surface area contributed by atoms with Crippen LogP contribution in [0.4, 0.5) is 5.13 Å². The van der Waals surface area contributed by atoms with Crippen molar-refractivity contribution in [1.29, 1.82) is 0 Å². The molecular formula is C16H15N3OS. The van der Waals surface area contributed by atoms with E-state index in [1.165, 1.54) is 16.9 Å². The van der Waals surface area contributed by atoms with Crippen molar-refractivity contribution in [3.63, 3.8) is 0 Å². The summed E-state index contributed by atoms with van der Waals surface area (Å²) in [6, 6.07) is 9.77. The van der Waals surface area contributed by atoms with Crippen LogP contribution in [-0.4, -0.2) is 15.9 Å². The molecule has 5 heteroatoms. The molecule has 2 aromatic heterocycles. The van der Waals surface area contributed by atoms with Gasteiger partial charge in [0.1, 0.15) is 0 Å². The first-order chi connectivity index (χ1) is 10.2. The highest BCUT2D eigenvalue weighted by Gasteiger charge is 2.10. The van der Waals surface area contributed by atoms with Crippen LogP contribution in [-0.2, 0) is 6.42 Å². The van der Waals surface area contributed by atoms with E-state index in [9.17, 15) is 4.79 Å². The van der Waals surface area contributed by atoms with Gasteiger partial charge in [0.2, 0.25) is 0 Å². The molecule has 3 rings (SSSR count). The van der Waals surface area contributed by atoms with Crippen molar-refractivity contribution >= 4 is 32.6 Å². The minimum Gasteiger partial charge on any atom is -0.298 e. The number of rotatable bonds is 3. The number of nitrogens with zero attached hydrogens (tertiary/aromatic N) is 2. The number of thiazole rings is 1. The fourth-order valence-corrected chi connectivity index (χ4v) is 2.94. The van der Waals surface area contributed by atoms with Gasteiger partial charge in [-0.2, -0.15) is 0 Å². The van der Waals surface area contributed by atoms with Gasteiger partial charge in [-0.1, -0.05) is 24.3 Å². The summed E-state index contributed by atoms with van der Waals surface area (Å²) in [5.74, 6) is -0.183. The van der Waals surface area contributed by atoms with Crippen molar-refractivity contribution in [3.05, 3.63) is 53.3 Å². The molecule has 0 aliphatic carbocycles. The molecule has 0 radical (unpaired) electrons. The molecule has 0 spiro atoms. The van der Waals surface area contributed by atoms with Gasteiger partial charge in [0.15, 0.2) is 5.13 Å². The summed E-state index contributed by atoms with van der Waals surface area (Å²) >= 11 is 1.49. The van der Waals surface area contributed by atoms with Crippen LogP contribution in [0.5, 0.6) is 0 Å². The zero-order valence-electron chi connectivity index (χ0n) is 11.9. The minimum absolute atomic E-state index is 0.183. The average molecular weight is 297 g/mol. The van der Waals surface area contributed by atoms with Crippen LogP contribution in [0.1, 0.15) is 28.5 Å². The largest absolute Gasteiger partial charge is 0.298 e. The second-order valence-electron chi connectivity index (χ2n) is 4.82. The summed E-state index contributed by atoms with van der Waals surface area (Å²) in [5, 5.41) is 3.45. The molecule has 106 valence electrons. The van der Waals surface area contributed by atoms with Gasteiger partial charge in [0.05, 0.1) is 15.8 Å². The fourth-order valence-electron chi connectivity index (χ4n) is 2.01. The summed E-state index contributed by atoms with van der Waals surface area (Å²) in [6.07, 6.45) is 2.57. The van der Waals surface area contributed by atoms with Gasteiger partial charge in [0.25, 0.3) is 5.91 Å². The van der Waals surface area contributed by atoms with Crippen molar-refractivity contribution < 1.29 is 4.79 Å². The van der Waals surface area contributed by atoms with E-state index in [-0.39, 0.29) is 5.91 Å². The number of carbonyl (C=O) groups is 1. The van der Waals surface area contributed by atoms with Gasteiger partial charge >= 0.3 is 0 Å². The third-order valence-electron chi connectivity index (χ3n) is 3.26. The molecule has 0 aliphatic rings. The Morgan fingerprint density at radius 2 is 2.14 bits per heavy atom. The van der Waals surface area contributed by atoms with Gasteiger partial charge < -0.3 is 0 Å². The van der Waals surface area contributed by atoms with E-state index in [2.05, 4.69) is 34.3 Å². The number of aromatic nitrogens is 2. The zero-order chi connectivity index (χ0) is 14.8. The Bertz CT molecular complexity index is 793. The summed E-state index contributed by atoms with van der Waals surface area (Å²) in [5.41, 5.74) is 3.61. The Morgan fingerprint density at radius 3 is 2.86 bits per heavy atom. The number of nitrogens with one attached hydrogen (secondary N) is 1. The van der Waals surface area contributed by atoms with Crippen molar-refractivity contribution in [2.75, 3.05) is 5.32 Å². The third-order valence-corrected chi connectivity index (χ3v) is 4.19. The van der Waals surface area contributed by atoms with E-state index in [0.717, 1.165) is 22.3 Å². The normalized spacial score (nSPS) is 10.8. The molecule has 0 saturated carbocycles. The quantitative estimate of drug-likeness (QED) is 0.799. The van der Waals surface area contributed by atoms with Crippen LogP contribution in [0.15, 0.2) is 36.5 Å². The van der Waals surface area contributed by atoms with Crippen LogP contribution in [0.2, 0.25) is 0 Å². The highest BCUT2D eigenvalue weighted by atomic mass is 32.1. The number of hydrogen-bond acceptors (Lipinski definition) is 4. The smallest absolute Gasteiger partial charge is 0.259 e.